The summed E-state index contributed by atoms with van der Waals surface area (Å²) in [6, 6.07) is 0. The monoisotopic (exact) mass is 316 g/mol. The van der Waals surface area contributed by atoms with E-state index in [1.807, 2.05) is 20.8 Å². The molecule has 0 unspecified atom stereocenters. The number of aromatic nitrogens is 2. The summed E-state index contributed by atoms with van der Waals surface area (Å²) in [6.07, 6.45) is 0.689. The van der Waals surface area contributed by atoms with Gasteiger partial charge in [-0.3, -0.25) is 0 Å². The van der Waals surface area contributed by atoms with Crippen molar-refractivity contribution in [2.45, 2.75) is 26.4 Å². The van der Waals surface area contributed by atoms with Crippen molar-refractivity contribution in [2.24, 2.45) is 0 Å². The smallest absolute Gasteiger partial charge is 0.410 e. The van der Waals surface area contributed by atoms with E-state index in [2.05, 4.69) is 9.97 Å². The molecule has 0 atom stereocenters. The molecule has 0 radical (unpaired) electrons. The van der Waals surface area contributed by atoms with Crippen LogP contribution in [-0.4, -0.2) is 52.7 Å². The Kier molecular flexibility index (Phi) is 4.51. The summed E-state index contributed by atoms with van der Waals surface area (Å²) in [5.74, 6) is -0.357. The first-order chi connectivity index (χ1) is 9.76. The lowest BCUT2D eigenvalue weighted by Gasteiger charge is -2.36. The van der Waals surface area contributed by atoms with Gasteiger partial charge in [0.1, 0.15) is 5.60 Å². The van der Waals surface area contributed by atoms with Gasteiger partial charge in [-0.05, 0) is 32.4 Å². The zero-order valence-electron chi connectivity index (χ0n) is 12.3. The first-order valence-corrected chi connectivity index (χ1v) is 7.05. The summed E-state index contributed by atoms with van der Waals surface area (Å²) >= 11 is 5.69. The highest BCUT2D eigenvalue weighted by molar-refractivity contribution is 6.28. The molecule has 1 aliphatic heterocycles. The van der Waals surface area contributed by atoms with Gasteiger partial charge >= 0.3 is 6.09 Å². The molecule has 116 valence electrons. The molecule has 1 fully saturated rings. The normalized spacial score (nSPS) is 16.0. The minimum Gasteiger partial charge on any atom is -0.444 e. The third-order valence-corrected chi connectivity index (χ3v) is 3.11. The fraction of sp³-hybridized carbons (Fsp3) is 0.615. The topological polar surface area (TPSA) is 58.6 Å². The van der Waals surface area contributed by atoms with Crippen LogP contribution in [0.3, 0.4) is 0 Å². The standard InChI is InChI=1S/C13H18ClFN4O2/c1-13(2,3)21-12(20)19-6-4-18(5-7-19)10-9(15)8-16-11(14)17-10/h8H,4-7H2,1-3H3. The molecule has 8 heteroatoms. The van der Waals surface area contributed by atoms with Gasteiger partial charge in [-0.1, -0.05) is 0 Å². The van der Waals surface area contributed by atoms with E-state index < -0.39 is 11.4 Å². The second-order valence-electron chi connectivity index (χ2n) is 5.77. The number of anilines is 1. The van der Waals surface area contributed by atoms with Crippen molar-refractivity contribution in [3.05, 3.63) is 17.3 Å². The summed E-state index contributed by atoms with van der Waals surface area (Å²) in [5.41, 5.74) is -0.527. The van der Waals surface area contributed by atoms with Crippen LogP contribution in [0, 0.1) is 5.82 Å². The zero-order valence-corrected chi connectivity index (χ0v) is 13.0. The summed E-state index contributed by atoms with van der Waals surface area (Å²) in [7, 11) is 0. The summed E-state index contributed by atoms with van der Waals surface area (Å²) in [4.78, 5) is 22.8. The van der Waals surface area contributed by atoms with Crippen molar-refractivity contribution in [2.75, 3.05) is 31.1 Å². The predicted octanol–water partition coefficient (Wildman–Crippen LogP) is 2.33. The number of carbonyl (C=O) groups is 1. The minimum atomic E-state index is -0.527. The molecular weight excluding hydrogens is 299 g/mol. The van der Waals surface area contributed by atoms with Crippen molar-refractivity contribution >= 4 is 23.5 Å². The average Bonchev–Trinajstić information content (AvgIpc) is 2.40. The van der Waals surface area contributed by atoms with Crippen molar-refractivity contribution in [1.29, 1.82) is 0 Å². The molecule has 0 bridgehead atoms. The Morgan fingerprint density at radius 1 is 1.33 bits per heavy atom. The van der Waals surface area contributed by atoms with Gasteiger partial charge in [0.25, 0.3) is 0 Å². The Bertz CT molecular complexity index is 527. The molecule has 1 saturated heterocycles. The number of nitrogens with zero attached hydrogens (tertiary/aromatic N) is 4. The zero-order chi connectivity index (χ0) is 15.6. The van der Waals surface area contributed by atoms with E-state index in [-0.39, 0.29) is 17.2 Å². The SMILES string of the molecule is CC(C)(C)OC(=O)N1CCN(c2nc(Cl)ncc2F)CC1. The van der Waals surface area contributed by atoms with E-state index in [0.717, 1.165) is 6.20 Å². The van der Waals surface area contributed by atoms with Gasteiger partial charge < -0.3 is 14.5 Å². The highest BCUT2D eigenvalue weighted by atomic mass is 35.5. The van der Waals surface area contributed by atoms with Crippen LogP contribution in [0.4, 0.5) is 15.0 Å². The number of hydrogen-bond acceptors (Lipinski definition) is 5. The quantitative estimate of drug-likeness (QED) is 0.744. The lowest BCUT2D eigenvalue weighted by Crippen LogP contribution is -2.50. The van der Waals surface area contributed by atoms with Crippen molar-refractivity contribution < 1.29 is 13.9 Å². The fourth-order valence-corrected chi connectivity index (χ4v) is 2.12. The molecule has 6 nitrogen and oxygen atoms in total. The van der Waals surface area contributed by atoms with Crippen molar-refractivity contribution in [3.8, 4) is 0 Å². The Morgan fingerprint density at radius 3 is 2.52 bits per heavy atom. The Balaban J connectivity index is 1.97. The third kappa shape index (κ3) is 4.17. The molecule has 2 rings (SSSR count). The highest BCUT2D eigenvalue weighted by Gasteiger charge is 2.27. The molecule has 0 aliphatic carbocycles. The largest absolute Gasteiger partial charge is 0.444 e. The second kappa shape index (κ2) is 6.01. The van der Waals surface area contributed by atoms with Gasteiger partial charge in [0.05, 0.1) is 6.20 Å². The first kappa shape index (κ1) is 15.8. The van der Waals surface area contributed by atoms with Crippen LogP contribution in [0.2, 0.25) is 5.28 Å². The molecule has 0 N–H and O–H groups in total. The molecule has 0 spiro atoms. The lowest BCUT2D eigenvalue weighted by molar-refractivity contribution is 0.0240. The molecule has 2 heterocycles. The Morgan fingerprint density at radius 2 is 1.95 bits per heavy atom. The number of carbonyl (C=O) groups excluding carboxylic acids is 1. The molecule has 0 aromatic carbocycles. The second-order valence-corrected chi connectivity index (χ2v) is 6.10. The number of halogens is 2. The van der Waals surface area contributed by atoms with E-state index in [1.54, 1.807) is 9.80 Å². The summed E-state index contributed by atoms with van der Waals surface area (Å²) < 4.78 is 19.0. The summed E-state index contributed by atoms with van der Waals surface area (Å²) in [5, 5.41) is 0.000900. The number of piperazine rings is 1. The summed E-state index contributed by atoms with van der Waals surface area (Å²) in [6.45, 7) is 7.26. The van der Waals surface area contributed by atoms with Crippen LogP contribution in [-0.2, 0) is 4.74 Å². The third-order valence-electron chi connectivity index (χ3n) is 2.93. The number of ether oxygens (including phenoxy) is 1. The highest BCUT2D eigenvalue weighted by Crippen LogP contribution is 2.20. The Labute approximate surface area is 127 Å². The van der Waals surface area contributed by atoms with Crippen LogP contribution in [0.5, 0.6) is 0 Å². The average molecular weight is 317 g/mol. The van der Waals surface area contributed by atoms with E-state index in [9.17, 15) is 9.18 Å². The molecule has 21 heavy (non-hydrogen) atoms. The van der Waals surface area contributed by atoms with Crippen molar-refractivity contribution in [1.82, 2.24) is 14.9 Å². The van der Waals surface area contributed by atoms with Crippen LogP contribution >= 0.6 is 11.6 Å². The van der Waals surface area contributed by atoms with Gasteiger partial charge in [0.2, 0.25) is 5.28 Å². The lowest BCUT2D eigenvalue weighted by atomic mass is 10.2. The van der Waals surface area contributed by atoms with E-state index in [1.165, 1.54) is 0 Å². The maximum absolute atomic E-state index is 13.7. The van der Waals surface area contributed by atoms with Gasteiger partial charge in [-0.25, -0.2) is 14.2 Å². The van der Waals surface area contributed by atoms with E-state index in [0.29, 0.717) is 26.2 Å². The van der Waals surface area contributed by atoms with E-state index in [4.69, 9.17) is 16.3 Å². The number of hydrogen-bond donors (Lipinski definition) is 0. The minimum absolute atomic E-state index is 0.000900. The van der Waals surface area contributed by atoms with Crippen LogP contribution < -0.4 is 4.90 Å². The molecular formula is C13H18ClFN4O2. The molecule has 1 aromatic heterocycles. The van der Waals surface area contributed by atoms with Crippen LogP contribution in [0.15, 0.2) is 6.20 Å². The molecule has 0 saturated carbocycles. The predicted molar refractivity (Wildman–Crippen MR) is 77.0 cm³/mol. The van der Waals surface area contributed by atoms with Gasteiger partial charge in [-0.2, -0.15) is 4.98 Å². The number of amides is 1. The fourth-order valence-electron chi connectivity index (χ4n) is 1.99. The Hall–Kier alpha value is -1.63. The van der Waals surface area contributed by atoms with Gasteiger partial charge in [0.15, 0.2) is 11.6 Å². The van der Waals surface area contributed by atoms with Crippen LogP contribution in [0.25, 0.3) is 0 Å². The number of rotatable bonds is 1. The van der Waals surface area contributed by atoms with Gasteiger partial charge in [0, 0.05) is 26.2 Å². The van der Waals surface area contributed by atoms with Crippen molar-refractivity contribution in [3.63, 3.8) is 0 Å². The maximum atomic E-state index is 13.7. The van der Waals surface area contributed by atoms with E-state index >= 15 is 0 Å². The maximum Gasteiger partial charge on any atom is 0.410 e. The van der Waals surface area contributed by atoms with Gasteiger partial charge in [-0.15, -0.1) is 0 Å². The molecule has 1 aliphatic rings. The molecule has 1 amide bonds. The first-order valence-electron chi connectivity index (χ1n) is 6.67. The van der Waals surface area contributed by atoms with Crippen LogP contribution in [0.1, 0.15) is 20.8 Å². The molecule has 1 aromatic rings.